The molecule has 2 aliphatic heterocycles. The van der Waals surface area contributed by atoms with Crippen LogP contribution in [-0.2, 0) is 4.79 Å². The summed E-state index contributed by atoms with van der Waals surface area (Å²) in [7, 11) is 3.61. The van der Waals surface area contributed by atoms with Crippen molar-refractivity contribution >= 4 is 22.6 Å². The third-order valence-electron chi connectivity index (χ3n) is 5.59. The summed E-state index contributed by atoms with van der Waals surface area (Å²) < 4.78 is 5.49. The smallest absolute Gasteiger partial charge is 0.222 e. The van der Waals surface area contributed by atoms with E-state index in [1.54, 1.807) is 7.11 Å². The molecule has 0 radical (unpaired) electrons. The molecule has 2 aliphatic rings. The van der Waals surface area contributed by atoms with Crippen molar-refractivity contribution < 1.29 is 9.53 Å². The fourth-order valence-electron chi connectivity index (χ4n) is 4.12. The Kier molecular flexibility index (Phi) is 3.59. The first-order valence-electron chi connectivity index (χ1n) is 8.53. The lowest BCUT2D eigenvalue weighted by Crippen LogP contribution is -2.47. The number of piperidine rings is 1. The molecule has 0 saturated carbocycles. The first-order valence-corrected chi connectivity index (χ1v) is 8.53. The van der Waals surface area contributed by atoms with Crippen LogP contribution in [0, 0.1) is 12.8 Å². The average Bonchev–Trinajstić information content (AvgIpc) is 2.88. The number of likely N-dealkylation sites (N-methyl/N-ethyl adjacent to an activating group) is 1. The van der Waals surface area contributed by atoms with Crippen molar-refractivity contribution in [1.29, 1.82) is 0 Å². The van der Waals surface area contributed by atoms with E-state index in [0.29, 0.717) is 18.4 Å². The number of carbonyl (C=O) groups is 1. The summed E-state index contributed by atoms with van der Waals surface area (Å²) in [4.78, 5) is 21.1. The van der Waals surface area contributed by atoms with Crippen molar-refractivity contribution in [2.24, 2.45) is 5.92 Å². The molecule has 4 rings (SSSR count). The summed E-state index contributed by atoms with van der Waals surface area (Å²) in [6.07, 6.45) is 1.75. The molecule has 24 heavy (non-hydrogen) atoms. The minimum Gasteiger partial charge on any atom is -0.494 e. The van der Waals surface area contributed by atoms with Crippen LogP contribution in [0.3, 0.4) is 0 Å². The van der Waals surface area contributed by atoms with Gasteiger partial charge in [-0.05, 0) is 37.0 Å². The van der Waals surface area contributed by atoms with Gasteiger partial charge in [-0.2, -0.15) is 0 Å². The molecule has 0 aliphatic carbocycles. The Balaban J connectivity index is 1.71. The van der Waals surface area contributed by atoms with Gasteiger partial charge in [0.05, 0.1) is 13.2 Å². The van der Waals surface area contributed by atoms with Crippen LogP contribution in [0.2, 0.25) is 0 Å². The SMILES string of the molecule is COc1cccc2c(C)cc(N3CC[C@@H]4CC(=O)N(C)[C@@H]4C3)nc12. The van der Waals surface area contributed by atoms with E-state index in [1.807, 2.05) is 24.1 Å². The van der Waals surface area contributed by atoms with Crippen molar-refractivity contribution in [2.45, 2.75) is 25.8 Å². The monoisotopic (exact) mass is 325 g/mol. The fourth-order valence-corrected chi connectivity index (χ4v) is 4.12. The number of fused-ring (bicyclic) bond motifs is 2. The summed E-state index contributed by atoms with van der Waals surface area (Å²) in [5.74, 6) is 2.56. The first kappa shape index (κ1) is 15.2. The zero-order valence-corrected chi connectivity index (χ0v) is 14.5. The van der Waals surface area contributed by atoms with Crippen molar-refractivity contribution in [3.8, 4) is 5.75 Å². The van der Waals surface area contributed by atoms with Gasteiger partial charge >= 0.3 is 0 Å². The van der Waals surface area contributed by atoms with E-state index in [-0.39, 0.29) is 5.91 Å². The van der Waals surface area contributed by atoms with Crippen molar-refractivity contribution in [1.82, 2.24) is 9.88 Å². The molecule has 0 bridgehead atoms. The second-order valence-electron chi connectivity index (χ2n) is 6.92. The Labute approximate surface area is 142 Å². The number of hydrogen-bond acceptors (Lipinski definition) is 4. The number of nitrogens with zero attached hydrogens (tertiary/aromatic N) is 3. The summed E-state index contributed by atoms with van der Waals surface area (Å²) in [5, 5.41) is 1.13. The number of anilines is 1. The van der Waals surface area contributed by atoms with Gasteiger partial charge in [0, 0.05) is 31.9 Å². The molecule has 2 atom stereocenters. The van der Waals surface area contributed by atoms with E-state index in [9.17, 15) is 4.79 Å². The van der Waals surface area contributed by atoms with Crippen molar-refractivity contribution in [3.05, 3.63) is 29.8 Å². The van der Waals surface area contributed by atoms with Crippen molar-refractivity contribution in [2.75, 3.05) is 32.1 Å². The molecule has 1 aromatic carbocycles. The molecule has 1 aromatic heterocycles. The van der Waals surface area contributed by atoms with Gasteiger partial charge < -0.3 is 14.5 Å². The Morgan fingerprint density at radius 1 is 1.33 bits per heavy atom. The number of amides is 1. The largest absolute Gasteiger partial charge is 0.494 e. The Morgan fingerprint density at radius 3 is 2.96 bits per heavy atom. The van der Waals surface area contributed by atoms with Crippen LogP contribution in [0.5, 0.6) is 5.75 Å². The van der Waals surface area contributed by atoms with Crippen LogP contribution < -0.4 is 9.64 Å². The Bertz CT molecular complexity index is 805. The summed E-state index contributed by atoms with van der Waals surface area (Å²) in [6.45, 7) is 3.93. The Morgan fingerprint density at radius 2 is 2.17 bits per heavy atom. The molecule has 2 fully saturated rings. The minimum absolute atomic E-state index is 0.274. The van der Waals surface area contributed by atoms with Crippen LogP contribution in [0.15, 0.2) is 24.3 Å². The van der Waals surface area contributed by atoms with Gasteiger partial charge in [0.25, 0.3) is 0 Å². The highest BCUT2D eigenvalue weighted by Crippen LogP contribution is 2.35. The molecule has 1 amide bonds. The quantitative estimate of drug-likeness (QED) is 0.851. The topological polar surface area (TPSA) is 45.7 Å². The van der Waals surface area contributed by atoms with Gasteiger partial charge in [0.1, 0.15) is 17.1 Å². The molecule has 0 N–H and O–H groups in total. The number of rotatable bonds is 2. The Hall–Kier alpha value is -2.30. The lowest BCUT2D eigenvalue weighted by atomic mass is 9.92. The molecule has 5 heteroatoms. The molecule has 126 valence electrons. The maximum atomic E-state index is 12.0. The van der Waals surface area contributed by atoms with Crippen LogP contribution >= 0.6 is 0 Å². The number of ether oxygens (including phenoxy) is 1. The van der Waals surface area contributed by atoms with Crippen molar-refractivity contribution in [3.63, 3.8) is 0 Å². The van der Waals surface area contributed by atoms with E-state index in [4.69, 9.17) is 9.72 Å². The first-order chi connectivity index (χ1) is 11.6. The third-order valence-corrected chi connectivity index (χ3v) is 5.59. The number of carbonyl (C=O) groups excluding carboxylic acids is 1. The van der Waals surface area contributed by atoms with Crippen LogP contribution in [0.25, 0.3) is 10.9 Å². The minimum atomic E-state index is 0.274. The number of hydrogen-bond donors (Lipinski definition) is 0. The lowest BCUT2D eigenvalue weighted by Gasteiger charge is -2.38. The normalized spacial score (nSPS) is 23.7. The molecule has 0 spiro atoms. The van der Waals surface area contributed by atoms with Crippen LogP contribution in [-0.4, -0.2) is 49.1 Å². The maximum absolute atomic E-state index is 12.0. The number of methoxy groups -OCH3 is 1. The number of aryl methyl sites for hydroxylation is 1. The fraction of sp³-hybridized carbons (Fsp3) is 0.474. The number of pyridine rings is 1. The number of aromatic nitrogens is 1. The maximum Gasteiger partial charge on any atom is 0.222 e. The zero-order valence-electron chi connectivity index (χ0n) is 14.5. The number of para-hydroxylation sites is 1. The molecule has 0 unspecified atom stereocenters. The molecular weight excluding hydrogens is 302 g/mol. The average molecular weight is 325 g/mol. The third kappa shape index (κ3) is 2.30. The highest BCUT2D eigenvalue weighted by Gasteiger charge is 2.41. The van der Waals surface area contributed by atoms with Crippen LogP contribution in [0.1, 0.15) is 18.4 Å². The van der Waals surface area contributed by atoms with Gasteiger partial charge in [-0.15, -0.1) is 0 Å². The van der Waals surface area contributed by atoms with Crippen LogP contribution in [0.4, 0.5) is 5.82 Å². The van der Waals surface area contributed by atoms with Gasteiger partial charge in [-0.3, -0.25) is 4.79 Å². The second kappa shape index (κ2) is 5.65. The number of benzene rings is 1. The number of likely N-dealkylation sites (tertiary alicyclic amines) is 1. The highest BCUT2D eigenvalue weighted by molar-refractivity contribution is 5.89. The summed E-state index contributed by atoms with van der Waals surface area (Å²) >= 11 is 0. The van der Waals surface area contributed by atoms with E-state index in [2.05, 4.69) is 24.0 Å². The molecule has 2 saturated heterocycles. The summed E-state index contributed by atoms with van der Waals surface area (Å²) in [6, 6.07) is 8.49. The predicted octanol–water partition coefficient (Wildman–Crippen LogP) is 2.61. The van der Waals surface area contributed by atoms with E-state index in [1.165, 1.54) is 5.56 Å². The molecule has 2 aromatic rings. The van der Waals surface area contributed by atoms with Gasteiger partial charge in [-0.25, -0.2) is 4.98 Å². The van der Waals surface area contributed by atoms with E-state index >= 15 is 0 Å². The lowest BCUT2D eigenvalue weighted by molar-refractivity contribution is -0.127. The second-order valence-corrected chi connectivity index (χ2v) is 6.92. The van der Waals surface area contributed by atoms with Gasteiger partial charge in [-0.1, -0.05) is 12.1 Å². The molecule has 5 nitrogen and oxygen atoms in total. The van der Waals surface area contributed by atoms with E-state index in [0.717, 1.165) is 42.0 Å². The summed E-state index contributed by atoms with van der Waals surface area (Å²) in [5.41, 5.74) is 2.11. The standard InChI is InChI=1S/C19H23N3O2/c1-12-9-17(20-19-14(12)5-4-6-16(19)24-3)22-8-7-13-10-18(23)21(2)15(13)11-22/h4-6,9,13,15H,7-8,10-11H2,1-3H3/t13-,15-/m1/s1. The van der Waals surface area contributed by atoms with Gasteiger partial charge in [0.15, 0.2) is 0 Å². The van der Waals surface area contributed by atoms with E-state index < -0.39 is 0 Å². The predicted molar refractivity (Wildman–Crippen MR) is 94.5 cm³/mol. The highest BCUT2D eigenvalue weighted by atomic mass is 16.5. The molecule has 3 heterocycles. The van der Waals surface area contributed by atoms with Gasteiger partial charge in [0.2, 0.25) is 5.91 Å². The zero-order chi connectivity index (χ0) is 16.8. The molecular formula is C19H23N3O2.